The van der Waals surface area contributed by atoms with Gasteiger partial charge >= 0.3 is 0 Å². The van der Waals surface area contributed by atoms with E-state index >= 15 is 0 Å². The first-order chi connectivity index (χ1) is 8.45. The molecule has 0 saturated carbocycles. The molecule has 6 heteroatoms. The molecule has 0 spiro atoms. The van der Waals surface area contributed by atoms with E-state index in [0.29, 0.717) is 30.9 Å². The molecular weight excluding hydrogens is 250 g/mol. The van der Waals surface area contributed by atoms with Gasteiger partial charge in [-0.15, -0.1) is 0 Å². The quantitative estimate of drug-likeness (QED) is 0.809. The van der Waals surface area contributed by atoms with Crippen molar-refractivity contribution in [2.75, 3.05) is 18.5 Å². The van der Waals surface area contributed by atoms with Gasteiger partial charge in [0.05, 0.1) is 5.69 Å². The molecule has 1 aromatic rings. The number of hydrogen-bond acceptors (Lipinski definition) is 3. The maximum absolute atomic E-state index is 11.9. The van der Waals surface area contributed by atoms with E-state index in [0.717, 1.165) is 0 Å². The lowest BCUT2D eigenvalue weighted by atomic mass is 10.3. The van der Waals surface area contributed by atoms with Crippen molar-refractivity contribution in [2.24, 2.45) is 0 Å². The minimum Gasteiger partial charge on any atom is -0.397 e. The summed E-state index contributed by atoms with van der Waals surface area (Å²) in [5, 5.41) is 2.91. The third-order valence-electron chi connectivity index (χ3n) is 2.89. The Hall–Kier alpha value is -1.30. The maximum atomic E-state index is 11.9. The number of nitrogen functional groups attached to an aromatic ring is 1. The number of nitrogens with two attached hydrogens (primary N) is 1. The summed E-state index contributed by atoms with van der Waals surface area (Å²) in [5.74, 6) is -0.136. The first-order valence-electron chi connectivity index (χ1n) is 6.01. The molecule has 1 heterocycles. The number of amides is 1. The molecule has 0 aliphatic carbocycles. The van der Waals surface area contributed by atoms with Gasteiger partial charge in [-0.2, -0.15) is 0 Å². The molecule has 0 aromatic carbocycles. The summed E-state index contributed by atoms with van der Waals surface area (Å²) in [4.78, 5) is 11.9. The van der Waals surface area contributed by atoms with Crippen molar-refractivity contribution >= 4 is 22.4 Å². The van der Waals surface area contributed by atoms with Crippen LogP contribution < -0.4 is 11.1 Å². The average Bonchev–Trinajstić information content (AvgIpc) is 2.70. The highest BCUT2D eigenvalue weighted by atomic mass is 32.2. The fourth-order valence-corrected chi connectivity index (χ4v) is 2.08. The largest absolute Gasteiger partial charge is 0.397 e. The molecule has 0 saturated heterocycles. The van der Waals surface area contributed by atoms with Gasteiger partial charge < -0.3 is 15.6 Å². The lowest BCUT2D eigenvalue weighted by molar-refractivity contribution is 0.0944. The van der Waals surface area contributed by atoms with E-state index in [1.54, 1.807) is 18.5 Å². The Morgan fingerprint density at radius 3 is 2.83 bits per heavy atom. The van der Waals surface area contributed by atoms with E-state index in [1.807, 2.05) is 18.4 Å². The minimum absolute atomic E-state index is 0.0910. The monoisotopic (exact) mass is 271 g/mol. The van der Waals surface area contributed by atoms with Crippen LogP contribution >= 0.6 is 0 Å². The van der Waals surface area contributed by atoms with Crippen molar-refractivity contribution in [1.29, 1.82) is 0 Å². The van der Waals surface area contributed by atoms with Gasteiger partial charge in [0, 0.05) is 41.6 Å². The average molecular weight is 271 g/mol. The van der Waals surface area contributed by atoms with E-state index in [1.165, 1.54) is 0 Å². The van der Waals surface area contributed by atoms with Crippen molar-refractivity contribution in [3.63, 3.8) is 0 Å². The van der Waals surface area contributed by atoms with Crippen LogP contribution in [0.4, 0.5) is 5.69 Å². The predicted octanol–water partition coefficient (Wildman–Crippen LogP) is 0.977. The standard InChI is InChI=1S/C12H21N3O2S/c1-4-15-8-10(13)7-11(15)12(16)14-6-5-9(2)18(3)17/h7-9H,4-6,13H2,1-3H3,(H,14,16). The van der Waals surface area contributed by atoms with Gasteiger partial charge in [-0.3, -0.25) is 9.00 Å². The topological polar surface area (TPSA) is 77.1 Å². The number of anilines is 1. The van der Waals surface area contributed by atoms with E-state index in [4.69, 9.17) is 5.73 Å². The Morgan fingerprint density at radius 1 is 1.61 bits per heavy atom. The second kappa shape index (κ2) is 6.58. The number of hydrogen-bond donors (Lipinski definition) is 2. The minimum atomic E-state index is -0.848. The normalized spacial score (nSPS) is 14.2. The van der Waals surface area contributed by atoms with Crippen LogP contribution in [0.1, 0.15) is 30.8 Å². The zero-order valence-electron chi connectivity index (χ0n) is 11.1. The van der Waals surface area contributed by atoms with E-state index in [9.17, 15) is 9.00 Å². The smallest absolute Gasteiger partial charge is 0.267 e. The molecule has 1 rings (SSSR count). The van der Waals surface area contributed by atoms with E-state index in [-0.39, 0.29) is 11.2 Å². The SMILES string of the molecule is CCn1cc(N)cc1C(=O)NCCC(C)S(C)=O. The van der Waals surface area contributed by atoms with Gasteiger partial charge in [0.15, 0.2) is 0 Å². The number of aryl methyl sites for hydroxylation is 1. The fraction of sp³-hybridized carbons (Fsp3) is 0.583. The number of carbonyl (C=O) groups excluding carboxylic acids is 1. The summed E-state index contributed by atoms with van der Waals surface area (Å²) in [7, 11) is -0.848. The second-order valence-electron chi connectivity index (χ2n) is 4.30. The van der Waals surface area contributed by atoms with Crippen molar-refractivity contribution < 1.29 is 9.00 Å². The van der Waals surface area contributed by atoms with Gasteiger partial charge in [-0.25, -0.2) is 0 Å². The molecular formula is C12H21N3O2S. The molecule has 0 radical (unpaired) electrons. The number of rotatable bonds is 6. The Morgan fingerprint density at radius 2 is 2.28 bits per heavy atom. The van der Waals surface area contributed by atoms with Gasteiger partial charge in [-0.1, -0.05) is 6.92 Å². The second-order valence-corrected chi connectivity index (χ2v) is 6.10. The van der Waals surface area contributed by atoms with Crippen LogP contribution in [0, 0.1) is 0 Å². The molecule has 0 aliphatic heterocycles. The van der Waals surface area contributed by atoms with Gasteiger partial charge in [-0.05, 0) is 19.4 Å². The summed E-state index contributed by atoms with van der Waals surface area (Å²) in [6.07, 6.45) is 4.13. The van der Waals surface area contributed by atoms with Gasteiger partial charge in [0.25, 0.3) is 5.91 Å². The molecule has 2 unspecified atom stereocenters. The highest BCUT2D eigenvalue weighted by Crippen LogP contribution is 2.10. The van der Waals surface area contributed by atoms with Crippen LogP contribution in [-0.2, 0) is 17.3 Å². The van der Waals surface area contributed by atoms with Crippen molar-refractivity contribution in [2.45, 2.75) is 32.1 Å². The van der Waals surface area contributed by atoms with Crippen molar-refractivity contribution in [3.05, 3.63) is 18.0 Å². The van der Waals surface area contributed by atoms with Crippen LogP contribution in [0.15, 0.2) is 12.3 Å². The summed E-state index contributed by atoms with van der Waals surface area (Å²) < 4.78 is 13.0. The van der Waals surface area contributed by atoms with Crippen LogP contribution in [0.3, 0.4) is 0 Å². The molecule has 1 aromatic heterocycles. The first-order valence-corrected chi connectivity index (χ1v) is 7.63. The first kappa shape index (κ1) is 14.8. The fourth-order valence-electron chi connectivity index (χ4n) is 1.63. The van der Waals surface area contributed by atoms with E-state index in [2.05, 4.69) is 5.32 Å². The van der Waals surface area contributed by atoms with Crippen LogP contribution in [-0.4, -0.2) is 32.7 Å². The third kappa shape index (κ3) is 3.87. The molecule has 0 aliphatic rings. The zero-order valence-corrected chi connectivity index (χ0v) is 11.9. The maximum Gasteiger partial charge on any atom is 0.267 e. The molecule has 18 heavy (non-hydrogen) atoms. The lowest BCUT2D eigenvalue weighted by Gasteiger charge is -2.10. The summed E-state index contributed by atoms with van der Waals surface area (Å²) in [5.41, 5.74) is 6.83. The van der Waals surface area contributed by atoms with Crippen LogP contribution in [0.2, 0.25) is 0 Å². The number of nitrogens with zero attached hydrogens (tertiary/aromatic N) is 1. The third-order valence-corrected chi connectivity index (χ3v) is 4.26. The van der Waals surface area contributed by atoms with Gasteiger partial charge in [0.2, 0.25) is 0 Å². The molecule has 0 bridgehead atoms. The van der Waals surface area contributed by atoms with Crippen LogP contribution in [0.5, 0.6) is 0 Å². The highest BCUT2D eigenvalue weighted by Gasteiger charge is 2.12. The Bertz CT molecular complexity index is 443. The molecule has 102 valence electrons. The molecule has 5 nitrogen and oxygen atoms in total. The molecule has 0 fully saturated rings. The molecule has 1 amide bonds. The molecule has 2 atom stereocenters. The van der Waals surface area contributed by atoms with Crippen molar-refractivity contribution in [1.82, 2.24) is 9.88 Å². The van der Waals surface area contributed by atoms with Gasteiger partial charge in [0.1, 0.15) is 5.69 Å². The number of aromatic nitrogens is 1. The summed E-state index contributed by atoms with van der Waals surface area (Å²) in [6, 6.07) is 1.67. The molecule has 3 N–H and O–H groups in total. The summed E-state index contributed by atoms with van der Waals surface area (Å²) in [6.45, 7) is 5.09. The Kier molecular flexibility index (Phi) is 5.40. The van der Waals surface area contributed by atoms with Crippen molar-refractivity contribution in [3.8, 4) is 0 Å². The van der Waals surface area contributed by atoms with Crippen LogP contribution in [0.25, 0.3) is 0 Å². The Balaban J connectivity index is 2.52. The zero-order chi connectivity index (χ0) is 13.7. The predicted molar refractivity (Wildman–Crippen MR) is 75.0 cm³/mol. The number of nitrogens with one attached hydrogen (secondary N) is 1. The van der Waals surface area contributed by atoms with E-state index < -0.39 is 10.8 Å². The lowest BCUT2D eigenvalue weighted by Crippen LogP contribution is -2.29. The highest BCUT2D eigenvalue weighted by molar-refractivity contribution is 7.84. The number of carbonyl (C=O) groups is 1. The Labute approximate surface area is 110 Å². The summed E-state index contributed by atoms with van der Waals surface area (Å²) >= 11 is 0.